The van der Waals surface area contributed by atoms with Gasteiger partial charge in [0.05, 0.1) is 6.04 Å². The predicted octanol–water partition coefficient (Wildman–Crippen LogP) is 2.53. The molecule has 3 rings (SSSR count). The van der Waals surface area contributed by atoms with E-state index in [-0.39, 0.29) is 23.4 Å². The molecule has 0 saturated carbocycles. The molecule has 1 aliphatic rings. The van der Waals surface area contributed by atoms with Gasteiger partial charge in [-0.1, -0.05) is 18.2 Å². The highest BCUT2D eigenvalue weighted by atomic mass is 16.5. The van der Waals surface area contributed by atoms with Gasteiger partial charge in [0.15, 0.2) is 11.9 Å². The van der Waals surface area contributed by atoms with Gasteiger partial charge < -0.3 is 20.5 Å². The van der Waals surface area contributed by atoms with E-state index in [1.807, 2.05) is 18.2 Å². The maximum atomic E-state index is 13.2. The Bertz CT molecular complexity index is 786. The lowest BCUT2D eigenvalue weighted by molar-refractivity contribution is -0.128. The first kappa shape index (κ1) is 19.9. The highest BCUT2D eigenvalue weighted by molar-refractivity contribution is 5.99. The summed E-state index contributed by atoms with van der Waals surface area (Å²) >= 11 is 0. The van der Waals surface area contributed by atoms with Gasteiger partial charge in [-0.25, -0.2) is 0 Å². The molecule has 0 spiro atoms. The molecule has 1 amide bonds. The van der Waals surface area contributed by atoms with Crippen molar-refractivity contribution in [2.24, 2.45) is 5.92 Å². The summed E-state index contributed by atoms with van der Waals surface area (Å²) in [5.41, 5.74) is 0.404. The highest BCUT2D eigenvalue weighted by Gasteiger charge is 2.34. The van der Waals surface area contributed by atoms with Crippen LogP contribution in [0, 0.1) is 5.92 Å². The van der Waals surface area contributed by atoms with E-state index in [2.05, 4.69) is 10.6 Å². The van der Waals surface area contributed by atoms with Crippen molar-refractivity contribution >= 4 is 11.7 Å². The number of amides is 1. The maximum absolute atomic E-state index is 13.2. The number of nitrogens with one attached hydrogen (secondary N) is 2. The van der Waals surface area contributed by atoms with Crippen molar-refractivity contribution < 1.29 is 19.4 Å². The normalized spacial score (nSPS) is 16.8. The minimum absolute atomic E-state index is 0.0524. The van der Waals surface area contributed by atoms with Gasteiger partial charge in [-0.3, -0.25) is 9.59 Å². The molecule has 0 aromatic heterocycles. The monoisotopic (exact) mass is 382 g/mol. The molecule has 0 bridgehead atoms. The Balaban J connectivity index is 1.74. The summed E-state index contributed by atoms with van der Waals surface area (Å²) < 4.78 is 5.80. The van der Waals surface area contributed by atoms with Gasteiger partial charge in [-0.15, -0.1) is 0 Å². The SMILES string of the molecule is CC(Oc1ccccc1)C(=O)C(NC(=O)c1ccc(O)cc1)C1CCNCC1. The second-order valence-electron chi connectivity index (χ2n) is 7.06. The lowest BCUT2D eigenvalue weighted by atomic mass is 9.86. The summed E-state index contributed by atoms with van der Waals surface area (Å²) in [5, 5.41) is 15.6. The molecule has 2 aromatic rings. The van der Waals surface area contributed by atoms with Crippen molar-refractivity contribution in [1.29, 1.82) is 0 Å². The van der Waals surface area contributed by atoms with Crippen LogP contribution in [0.15, 0.2) is 54.6 Å². The van der Waals surface area contributed by atoms with Gasteiger partial charge in [0, 0.05) is 5.56 Å². The van der Waals surface area contributed by atoms with E-state index in [9.17, 15) is 14.7 Å². The minimum Gasteiger partial charge on any atom is -0.508 e. The van der Waals surface area contributed by atoms with Crippen molar-refractivity contribution in [2.45, 2.75) is 31.9 Å². The number of hydrogen-bond donors (Lipinski definition) is 3. The molecule has 148 valence electrons. The first-order valence-electron chi connectivity index (χ1n) is 9.60. The zero-order valence-corrected chi connectivity index (χ0v) is 15.9. The van der Waals surface area contributed by atoms with Crippen molar-refractivity contribution in [3.8, 4) is 11.5 Å². The number of phenols is 1. The summed E-state index contributed by atoms with van der Waals surface area (Å²) in [6, 6.07) is 14.6. The number of carbonyl (C=O) groups excluding carboxylic acids is 2. The number of ether oxygens (including phenoxy) is 1. The fraction of sp³-hybridized carbons (Fsp3) is 0.364. The van der Waals surface area contributed by atoms with Crippen molar-refractivity contribution in [3.05, 3.63) is 60.2 Å². The maximum Gasteiger partial charge on any atom is 0.251 e. The Hall–Kier alpha value is -2.86. The Morgan fingerprint density at radius 3 is 2.36 bits per heavy atom. The molecule has 0 radical (unpaired) electrons. The van der Waals surface area contributed by atoms with Gasteiger partial charge in [0.25, 0.3) is 5.91 Å². The van der Waals surface area contributed by atoms with Gasteiger partial charge in [0.1, 0.15) is 11.5 Å². The molecule has 1 fully saturated rings. The molecule has 1 aliphatic heterocycles. The van der Waals surface area contributed by atoms with Crippen molar-refractivity contribution in [3.63, 3.8) is 0 Å². The van der Waals surface area contributed by atoms with E-state index in [4.69, 9.17) is 4.74 Å². The van der Waals surface area contributed by atoms with E-state index >= 15 is 0 Å². The standard InChI is InChI=1S/C22H26N2O4/c1-15(28-19-5-3-2-4-6-19)21(26)20(16-11-13-23-14-12-16)24-22(27)17-7-9-18(25)10-8-17/h2-10,15-16,20,23,25H,11-14H2,1H3,(H,24,27). The molecule has 1 saturated heterocycles. The lowest BCUT2D eigenvalue weighted by Crippen LogP contribution is -2.52. The highest BCUT2D eigenvalue weighted by Crippen LogP contribution is 2.21. The van der Waals surface area contributed by atoms with Gasteiger partial charge in [-0.05, 0) is 75.2 Å². The van der Waals surface area contributed by atoms with Crippen LogP contribution in [0.5, 0.6) is 11.5 Å². The number of ketones is 1. The van der Waals surface area contributed by atoms with Gasteiger partial charge >= 0.3 is 0 Å². The number of Topliss-reactive ketones (excluding diaryl/α,β-unsaturated/α-hetero) is 1. The molecule has 2 aromatic carbocycles. The predicted molar refractivity (Wildman–Crippen MR) is 106 cm³/mol. The minimum atomic E-state index is -0.678. The number of rotatable bonds is 7. The fourth-order valence-corrected chi connectivity index (χ4v) is 3.45. The molecule has 6 heteroatoms. The average Bonchev–Trinajstić information content (AvgIpc) is 2.73. The number of piperidine rings is 1. The summed E-state index contributed by atoms with van der Waals surface area (Å²) in [6.07, 6.45) is 0.941. The van der Waals surface area contributed by atoms with Crippen LogP contribution in [-0.2, 0) is 4.79 Å². The zero-order valence-electron chi connectivity index (χ0n) is 15.9. The first-order valence-corrected chi connectivity index (χ1v) is 9.60. The molecule has 1 heterocycles. The van der Waals surface area contributed by atoms with Crippen molar-refractivity contribution in [2.75, 3.05) is 13.1 Å². The van der Waals surface area contributed by atoms with Crippen LogP contribution in [0.4, 0.5) is 0 Å². The fourth-order valence-electron chi connectivity index (χ4n) is 3.45. The van der Waals surface area contributed by atoms with Gasteiger partial charge in [0.2, 0.25) is 0 Å². The smallest absolute Gasteiger partial charge is 0.251 e. The van der Waals surface area contributed by atoms with Crippen LogP contribution < -0.4 is 15.4 Å². The second kappa shape index (κ2) is 9.37. The Labute approximate surface area is 164 Å². The Kier molecular flexibility index (Phi) is 6.66. The second-order valence-corrected chi connectivity index (χ2v) is 7.06. The van der Waals surface area contributed by atoms with Crippen LogP contribution in [0.25, 0.3) is 0 Å². The molecule has 2 unspecified atom stereocenters. The summed E-state index contributed by atoms with van der Waals surface area (Å²) in [5.74, 6) is 0.299. The van der Waals surface area contributed by atoms with E-state index < -0.39 is 12.1 Å². The van der Waals surface area contributed by atoms with Crippen LogP contribution in [0.1, 0.15) is 30.1 Å². The summed E-state index contributed by atoms with van der Waals surface area (Å²) in [4.78, 5) is 25.9. The lowest BCUT2D eigenvalue weighted by Gasteiger charge is -2.32. The Morgan fingerprint density at radius 2 is 1.71 bits per heavy atom. The molecule has 6 nitrogen and oxygen atoms in total. The van der Waals surface area contributed by atoms with Crippen LogP contribution in [-0.4, -0.2) is 42.0 Å². The number of aromatic hydroxyl groups is 1. The van der Waals surface area contributed by atoms with E-state index in [0.717, 1.165) is 25.9 Å². The number of para-hydroxylation sites is 1. The topological polar surface area (TPSA) is 87.7 Å². The van der Waals surface area contributed by atoms with Gasteiger partial charge in [-0.2, -0.15) is 0 Å². The zero-order chi connectivity index (χ0) is 19.9. The molecule has 28 heavy (non-hydrogen) atoms. The van der Waals surface area contributed by atoms with E-state index in [0.29, 0.717) is 11.3 Å². The molecular formula is C22H26N2O4. The Morgan fingerprint density at radius 1 is 1.07 bits per heavy atom. The number of hydrogen-bond acceptors (Lipinski definition) is 5. The van der Waals surface area contributed by atoms with E-state index in [1.54, 1.807) is 31.2 Å². The van der Waals surface area contributed by atoms with E-state index in [1.165, 1.54) is 12.1 Å². The third kappa shape index (κ3) is 5.10. The molecule has 2 atom stereocenters. The first-order chi connectivity index (χ1) is 13.5. The summed E-state index contributed by atoms with van der Waals surface area (Å²) in [6.45, 7) is 3.35. The molecular weight excluding hydrogens is 356 g/mol. The third-order valence-electron chi connectivity index (χ3n) is 5.03. The third-order valence-corrected chi connectivity index (χ3v) is 5.03. The largest absolute Gasteiger partial charge is 0.508 e. The number of carbonyl (C=O) groups is 2. The van der Waals surface area contributed by atoms with Crippen molar-refractivity contribution in [1.82, 2.24) is 10.6 Å². The summed E-state index contributed by atoms with van der Waals surface area (Å²) in [7, 11) is 0. The average molecular weight is 382 g/mol. The molecule has 0 aliphatic carbocycles. The number of benzene rings is 2. The quantitative estimate of drug-likeness (QED) is 0.685. The van der Waals surface area contributed by atoms with Crippen LogP contribution in [0.2, 0.25) is 0 Å². The van der Waals surface area contributed by atoms with Crippen LogP contribution >= 0.6 is 0 Å². The molecule has 3 N–H and O–H groups in total. The number of phenolic OH excluding ortho intramolecular Hbond substituents is 1. The van der Waals surface area contributed by atoms with Crippen LogP contribution in [0.3, 0.4) is 0 Å².